The van der Waals surface area contributed by atoms with Gasteiger partial charge in [-0.05, 0) is 30.5 Å². The second kappa shape index (κ2) is 4.85. The van der Waals surface area contributed by atoms with Gasteiger partial charge in [-0.15, -0.1) is 0 Å². The summed E-state index contributed by atoms with van der Waals surface area (Å²) < 4.78 is 0. The highest BCUT2D eigenvalue weighted by atomic mass is 16.3. The number of benzene rings is 1. The van der Waals surface area contributed by atoms with Gasteiger partial charge in [0.05, 0.1) is 0 Å². The number of nitrogens with zero attached hydrogens (tertiary/aromatic N) is 1. The molecule has 16 heavy (non-hydrogen) atoms. The zero-order valence-corrected chi connectivity index (χ0v) is 9.82. The predicted molar refractivity (Wildman–Crippen MR) is 66.5 cm³/mol. The van der Waals surface area contributed by atoms with Gasteiger partial charge in [0.1, 0.15) is 0 Å². The molecule has 3 nitrogen and oxygen atoms in total. The summed E-state index contributed by atoms with van der Waals surface area (Å²) in [6.45, 7) is 5.05. The maximum atomic E-state index is 9.14. The standard InChI is InChI=1S/C13H20N2O/c1-10-6-11(7-14)2-3-13(10)15-5-4-12(8-15)9-16/h2-3,6,12,16H,4-5,7-9,14H2,1H3. The molecule has 88 valence electrons. The largest absolute Gasteiger partial charge is 0.396 e. The third-order valence-corrected chi connectivity index (χ3v) is 3.38. The van der Waals surface area contributed by atoms with E-state index in [4.69, 9.17) is 10.8 Å². The van der Waals surface area contributed by atoms with Crippen LogP contribution in [0.3, 0.4) is 0 Å². The fourth-order valence-electron chi connectivity index (χ4n) is 2.40. The van der Waals surface area contributed by atoms with Gasteiger partial charge < -0.3 is 15.7 Å². The van der Waals surface area contributed by atoms with Crippen molar-refractivity contribution < 1.29 is 5.11 Å². The van der Waals surface area contributed by atoms with Crippen LogP contribution in [-0.4, -0.2) is 24.8 Å². The first-order valence-electron chi connectivity index (χ1n) is 5.90. The molecule has 0 aromatic heterocycles. The van der Waals surface area contributed by atoms with Crippen molar-refractivity contribution in [2.45, 2.75) is 19.9 Å². The minimum atomic E-state index is 0.302. The Hall–Kier alpha value is -1.06. The highest BCUT2D eigenvalue weighted by molar-refractivity contribution is 5.55. The van der Waals surface area contributed by atoms with Crippen molar-refractivity contribution in [3.63, 3.8) is 0 Å². The Labute approximate surface area is 96.9 Å². The van der Waals surface area contributed by atoms with Gasteiger partial charge in [0.25, 0.3) is 0 Å². The van der Waals surface area contributed by atoms with Crippen LogP contribution in [-0.2, 0) is 6.54 Å². The van der Waals surface area contributed by atoms with E-state index in [1.807, 2.05) is 0 Å². The molecule has 1 aromatic carbocycles. The summed E-state index contributed by atoms with van der Waals surface area (Å²) in [5.74, 6) is 0.439. The molecule has 1 atom stereocenters. The molecular weight excluding hydrogens is 200 g/mol. The molecule has 1 aromatic rings. The van der Waals surface area contributed by atoms with Crippen molar-refractivity contribution in [2.24, 2.45) is 11.7 Å². The quantitative estimate of drug-likeness (QED) is 0.806. The van der Waals surface area contributed by atoms with Crippen molar-refractivity contribution in [2.75, 3.05) is 24.6 Å². The molecule has 1 heterocycles. The lowest BCUT2D eigenvalue weighted by molar-refractivity contribution is 0.238. The molecule has 1 unspecified atom stereocenters. The average molecular weight is 220 g/mol. The second-order valence-corrected chi connectivity index (χ2v) is 4.61. The van der Waals surface area contributed by atoms with Gasteiger partial charge >= 0.3 is 0 Å². The Balaban J connectivity index is 2.15. The molecule has 1 saturated heterocycles. The lowest BCUT2D eigenvalue weighted by Crippen LogP contribution is -2.21. The van der Waals surface area contributed by atoms with Gasteiger partial charge in [-0.1, -0.05) is 12.1 Å². The predicted octanol–water partition coefficient (Wildman–Crippen LogP) is 1.27. The van der Waals surface area contributed by atoms with Crippen LogP contribution in [0.5, 0.6) is 0 Å². The minimum absolute atomic E-state index is 0.302. The molecule has 0 spiro atoms. The summed E-state index contributed by atoms with van der Waals surface area (Å²) in [5, 5.41) is 9.14. The van der Waals surface area contributed by atoms with Crippen molar-refractivity contribution in [3.05, 3.63) is 29.3 Å². The van der Waals surface area contributed by atoms with E-state index >= 15 is 0 Å². The molecule has 0 saturated carbocycles. The number of hydrogen-bond acceptors (Lipinski definition) is 3. The van der Waals surface area contributed by atoms with Gasteiger partial charge in [0.15, 0.2) is 0 Å². The van der Waals surface area contributed by atoms with Crippen LogP contribution in [0.4, 0.5) is 5.69 Å². The Morgan fingerprint density at radius 3 is 2.88 bits per heavy atom. The van der Waals surface area contributed by atoms with E-state index < -0.39 is 0 Å². The first-order chi connectivity index (χ1) is 7.74. The molecule has 3 heteroatoms. The normalized spacial score (nSPS) is 20.4. The molecule has 1 fully saturated rings. The summed E-state index contributed by atoms with van der Waals surface area (Å²) >= 11 is 0. The molecule has 1 aliphatic rings. The minimum Gasteiger partial charge on any atom is -0.396 e. The number of aliphatic hydroxyl groups is 1. The number of aliphatic hydroxyl groups excluding tert-OH is 1. The maximum Gasteiger partial charge on any atom is 0.0476 e. The van der Waals surface area contributed by atoms with Gasteiger partial charge in [-0.2, -0.15) is 0 Å². The molecule has 0 bridgehead atoms. The highest BCUT2D eigenvalue weighted by Gasteiger charge is 2.22. The summed E-state index contributed by atoms with van der Waals surface area (Å²) in [6.07, 6.45) is 1.09. The fourth-order valence-corrected chi connectivity index (χ4v) is 2.40. The van der Waals surface area contributed by atoms with E-state index in [0.717, 1.165) is 19.5 Å². The van der Waals surface area contributed by atoms with E-state index in [0.29, 0.717) is 19.1 Å². The Bertz CT molecular complexity index is 365. The molecule has 0 amide bonds. The molecule has 0 radical (unpaired) electrons. The van der Waals surface area contributed by atoms with Crippen LogP contribution in [0.25, 0.3) is 0 Å². The molecule has 1 aliphatic heterocycles. The number of hydrogen-bond donors (Lipinski definition) is 2. The smallest absolute Gasteiger partial charge is 0.0476 e. The monoisotopic (exact) mass is 220 g/mol. The van der Waals surface area contributed by atoms with E-state index in [1.165, 1.54) is 16.8 Å². The molecule has 0 aliphatic carbocycles. The maximum absolute atomic E-state index is 9.14. The van der Waals surface area contributed by atoms with Gasteiger partial charge in [0, 0.05) is 37.8 Å². The molecule has 2 rings (SSSR count). The van der Waals surface area contributed by atoms with Crippen molar-refractivity contribution in [3.8, 4) is 0 Å². The Morgan fingerprint density at radius 1 is 1.50 bits per heavy atom. The average Bonchev–Trinajstić information content (AvgIpc) is 2.77. The zero-order chi connectivity index (χ0) is 11.5. The number of rotatable bonds is 3. The lowest BCUT2D eigenvalue weighted by atomic mass is 10.1. The van der Waals surface area contributed by atoms with E-state index in [2.05, 4.69) is 30.0 Å². The molecule has 3 N–H and O–H groups in total. The van der Waals surface area contributed by atoms with Crippen molar-refractivity contribution >= 4 is 5.69 Å². The van der Waals surface area contributed by atoms with Crippen LogP contribution in [0.1, 0.15) is 17.5 Å². The zero-order valence-electron chi connectivity index (χ0n) is 9.82. The lowest BCUT2D eigenvalue weighted by Gasteiger charge is -2.21. The summed E-state index contributed by atoms with van der Waals surface area (Å²) in [5.41, 5.74) is 9.36. The van der Waals surface area contributed by atoms with Gasteiger partial charge in [-0.3, -0.25) is 0 Å². The van der Waals surface area contributed by atoms with Crippen molar-refractivity contribution in [1.29, 1.82) is 0 Å². The fraction of sp³-hybridized carbons (Fsp3) is 0.538. The number of aryl methyl sites for hydroxylation is 1. The second-order valence-electron chi connectivity index (χ2n) is 4.61. The topological polar surface area (TPSA) is 49.5 Å². The van der Waals surface area contributed by atoms with E-state index in [1.54, 1.807) is 0 Å². The third-order valence-electron chi connectivity index (χ3n) is 3.38. The summed E-state index contributed by atoms with van der Waals surface area (Å²) in [7, 11) is 0. The Kier molecular flexibility index (Phi) is 3.46. The van der Waals surface area contributed by atoms with Gasteiger partial charge in [0.2, 0.25) is 0 Å². The van der Waals surface area contributed by atoms with Crippen LogP contribution < -0.4 is 10.6 Å². The van der Waals surface area contributed by atoms with Crippen LogP contribution in [0.15, 0.2) is 18.2 Å². The highest BCUT2D eigenvalue weighted by Crippen LogP contribution is 2.27. The Morgan fingerprint density at radius 2 is 2.31 bits per heavy atom. The van der Waals surface area contributed by atoms with Crippen molar-refractivity contribution in [1.82, 2.24) is 0 Å². The number of nitrogens with two attached hydrogens (primary N) is 1. The summed E-state index contributed by atoms with van der Waals surface area (Å²) in [6, 6.07) is 6.40. The van der Waals surface area contributed by atoms with Crippen LogP contribution in [0, 0.1) is 12.8 Å². The van der Waals surface area contributed by atoms with Crippen LogP contribution in [0.2, 0.25) is 0 Å². The first kappa shape index (κ1) is 11.4. The number of anilines is 1. The van der Waals surface area contributed by atoms with Gasteiger partial charge in [-0.25, -0.2) is 0 Å². The van der Waals surface area contributed by atoms with Crippen LogP contribution >= 0.6 is 0 Å². The first-order valence-corrected chi connectivity index (χ1v) is 5.90. The van der Waals surface area contributed by atoms with E-state index in [9.17, 15) is 0 Å². The summed E-state index contributed by atoms with van der Waals surface area (Å²) in [4.78, 5) is 2.36. The molecular formula is C13H20N2O. The SMILES string of the molecule is Cc1cc(CN)ccc1N1CCC(CO)C1. The third kappa shape index (κ3) is 2.20. The van der Waals surface area contributed by atoms with E-state index in [-0.39, 0.29) is 0 Å².